The molecule has 1 heterocycles. The second-order valence-electron chi connectivity index (χ2n) is 4.31. The Kier molecular flexibility index (Phi) is 7.20. The summed E-state index contributed by atoms with van der Waals surface area (Å²) in [6, 6.07) is 2.03. The van der Waals surface area contributed by atoms with Crippen LogP contribution in [0.4, 0.5) is 0 Å². The lowest BCUT2D eigenvalue weighted by Gasteiger charge is -2.11. The molecule has 0 fully saturated rings. The van der Waals surface area contributed by atoms with Gasteiger partial charge in [-0.2, -0.15) is 0 Å². The summed E-state index contributed by atoms with van der Waals surface area (Å²) in [6.45, 7) is 1.85. The van der Waals surface area contributed by atoms with Gasteiger partial charge in [0, 0.05) is 46.7 Å². The molecule has 0 radical (unpaired) electrons. The van der Waals surface area contributed by atoms with E-state index >= 15 is 0 Å². The Morgan fingerprint density at radius 3 is 2.80 bits per heavy atom. The predicted molar refractivity (Wildman–Crippen MR) is 78.5 cm³/mol. The van der Waals surface area contributed by atoms with Crippen molar-refractivity contribution < 1.29 is 9.53 Å². The van der Waals surface area contributed by atoms with Crippen molar-refractivity contribution in [2.45, 2.75) is 6.54 Å². The summed E-state index contributed by atoms with van der Waals surface area (Å²) < 4.78 is 6.84. The summed E-state index contributed by atoms with van der Waals surface area (Å²) in [6.07, 6.45) is 4.01. The Labute approximate surface area is 119 Å². The maximum atomic E-state index is 11.5. The van der Waals surface area contributed by atoms with Gasteiger partial charge in [0.1, 0.15) is 0 Å². The molecule has 0 spiro atoms. The number of hydrogen-bond donors (Lipinski definition) is 3. The van der Waals surface area contributed by atoms with Crippen molar-refractivity contribution in [3.63, 3.8) is 0 Å². The lowest BCUT2D eigenvalue weighted by atomic mass is 10.3. The molecule has 0 atom stereocenters. The molecule has 1 aromatic rings. The molecule has 20 heavy (non-hydrogen) atoms. The standard InChI is InChI=1S/C13H23N5O2/c1-14-13(16-8-11-4-6-18(2)10-11)17-9-12(19)15-5-7-20-3/h4,6,10H,5,7-9H2,1-3H3,(H,15,19)(H2,14,16,17). The second kappa shape index (κ2) is 8.98. The van der Waals surface area contributed by atoms with E-state index in [1.54, 1.807) is 14.2 Å². The minimum atomic E-state index is -0.0929. The van der Waals surface area contributed by atoms with Crippen LogP contribution in [-0.2, 0) is 23.1 Å². The normalized spacial score (nSPS) is 11.2. The van der Waals surface area contributed by atoms with Crippen molar-refractivity contribution in [3.8, 4) is 0 Å². The maximum Gasteiger partial charge on any atom is 0.239 e. The van der Waals surface area contributed by atoms with E-state index in [1.165, 1.54) is 0 Å². The molecule has 7 heteroatoms. The minimum Gasteiger partial charge on any atom is -0.383 e. The van der Waals surface area contributed by atoms with Gasteiger partial charge in [0.25, 0.3) is 0 Å². The molecule has 7 nitrogen and oxygen atoms in total. The van der Waals surface area contributed by atoms with Crippen molar-refractivity contribution in [2.75, 3.05) is 33.9 Å². The molecule has 1 aromatic heterocycles. The van der Waals surface area contributed by atoms with Crippen LogP contribution in [0.25, 0.3) is 0 Å². The summed E-state index contributed by atoms with van der Waals surface area (Å²) in [5.41, 5.74) is 1.15. The Morgan fingerprint density at radius 1 is 1.40 bits per heavy atom. The summed E-state index contributed by atoms with van der Waals surface area (Å²) in [4.78, 5) is 15.6. The molecule has 0 unspecified atom stereocenters. The van der Waals surface area contributed by atoms with Crippen LogP contribution < -0.4 is 16.0 Å². The predicted octanol–water partition coefficient (Wildman–Crippen LogP) is -0.547. The number of aryl methyl sites for hydroxylation is 1. The Balaban J connectivity index is 2.24. The third-order valence-electron chi connectivity index (χ3n) is 2.62. The largest absolute Gasteiger partial charge is 0.383 e. The first-order chi connectivity index (χ1) is 9.65. The van der Waals surface area contributed by atoms with Gasteiger partial charge < -0.3 is 25.3 Å². The van der Waals surface area contributed by atoms with Gasteiger partial charge >= 0.3 is 0 Å². The van der Waals surface area contributed by atoms with Gasteiger partial charge in [-0.1, -0.05) is 0 Å². The first-order valence-corrected chi connectivity index (χ1v) is 6.46. The number of hydrogen-bond acceptors (Lipinski definition) is 3. The monoisotopic (exact) mass is 281 g/mol. The van der Waals surface area contributed by atoms with Gasteiger partial charge in [0.15, 0.2) is 5.96 Å². The number of aromatic nitrogens is 1. The molecule has 3 N–H and O–H groups in total. The summed E-state index contributed by atoms with van der Waals surface area (Å²) >= 11 is 0. The van der Waals surface area contributed by atoms with E-state index in [0.717, 1.165) is 5.56 Å². The highest BCUT2D eigenvalue weighted by molar-refractivity contribution is 5.86. The molecule has 0 aliphatic carbocycles. The van der Waals surface area contributed by atoms with E-state index in [1.807, 2.05) is 30.1 Å². The van der Waals surface area contributed by atoms with Crippen LogP contribution in [0, 0.1) is 0 Å². The van der Waals surface area contributed by atoms with E-state index in [2.05, 4.69) is 20.9 Å². The van der Waals surface area contributed by atoms with Crippen molar-refractivity contribution >= 4 is 11.9 Å². The number of rotatable bonds is 7. The number of aliphatic imine (C=N–C) groups is 1. The van der Waals surface area contributed by atoms with Gasteiger partial charge in [-0.3, -0.25) is 9.79 Å². The fraction of sp³-hybridized carbons (Fsp3) is 0.538. The Bertz CT molecular complexity index is 442. The smallest absolute Gasteiger partial charge is 0.239 e. The van der Waals surface area contributed by atoms with Gasteiger partial charge in [-0.15, -0.1) is 0 Å². The second-order valence-corrected chi connectivity index (χ2v) is 4.31. The Hall–Kier alpha value is -2.02. The first kappa shape index (κ1) is 16.0. The van der Waals surface area contributed by atoms with Gasteiger partial charge in [-0.25, -0.2) is 0 Å². The van der Waals surface area contributed by atoms with Gasteiger partial charge in [0.2, 0.25) is 5.91 Å². The van der Waals surface area contributed by atoms with Crippen LogP contribution in [0.1, 0.15) is 5.56 Å². The number of methoxy groups -OCH3 is 1. The lowest BCUT2D eigenvalue weighted by Crippen LogP contribution is -2.43. The summed E-state index contributed by atoms with van der Waals surface area (Å²) in [5.74, 6) is 0.500. The zero-order valence-corrected chi connectivity index (χ0v) is 12.3. The maximum absolute atomic E-state index is 11.5. The van der Waals surface area contributed by atoms with Crippen LogP contribution in [0.3, 0.4) is 0 Å². The zero-order chi connectivity index (χ0) is 14.8. The molecule has 1 amide bonds. The average molecular weight is 281 g/mol. The van der Waals surface area contributed by atoms with Crippen LogP contribution in [0.15, 0.2) is 23.5 Å². The Morgan fingerprint density at radius 2 is 2.20 bits per heavy atom. The fourth-order valence-corrected chi connectivity index (χ4v) is 1.59. The molecule has 0 bridgehead atoms. The van der Waals surface area contributed by atoms with Crippen LogP contribution in [0.2, 0.25) is 0 Å². The zero-order valence-electron chi connectivity index (χ0n) is 12.3. The summed E-state index contributed by atoms with van der Waals surface area (Å²) in [5, 5.41) is 8.82. The molecule has 0 aliphatic rings. The third-order valence-corrected chi connectivity index (χ3v) is 2.62. The number of amides is 1. The van der Waals surface area contributed by atoms with Crippen molar-refractivity contribution in [1.82, 2.24) is 20.5 Å². The summed E-state index contributed by atoms with van der Waals surface area (Å²) in [7, 11) is 5.24. The van der Waals surface area contributed by atoms with E-state index in [4.69, 9.17) is 4.74 Å². The number of nitrogens with one attached hydrogen (secondary N) is 3. The molecule has 0 saturated carbocycles. The molecule has 0 aromatic carbocycles. The quantitative estimate of drug-likeness (QED) is 0.356. The van der Waals surface area contributed by atoms with Crippen molar-refractivity contribution in [2.24, 2.45) is 12.0 Å². The highest BCUT2D eigenvalue weighted by atomic mass is 16.5. The lowest BCUT2D eigenvalue weighted by molar-refractivity contribution is -0.120. The number of nitrogens with zero attached hydrogens (tertiary/aromatic N) is 2. The number of carbonyl (C=O) groups excluding carboxylic acids is 1. The van der Waals surface area contributed by atoms with Crippen LogP contribution in [-0.4, -0.2) is 50.3 Å². The van der Waals surface area contributed by atoms with E-state index in [9.17, 15) is 4.79 Å². The molecular weight excluding hydrogens is 258 g/mol. The highest BCUT2D eigenvalue weighted by Gasteiger charge is 2.03. The first-order valence-electron chi connectivity index (χ1n) is 6.46. The molecule has 1 rings (SSSR count). The fourth-order valence-electron chi connectivity index (χ4n) is 1.59. The molecule has 0 aliphatic heterocycles. The average Bonchev–Trinajstić information content (AvgIpc) is 2.85. The molecule has 112 valence electrons. The molecule has 0 saturated heterocycles. The third kappa shape index (κ3) is 6.24. The number of ether oxygens (including phenoxy) is 1. The number of carbonyl (C=O) groups is 1. The highest BCUT2D eigenvalue weighted by Crippen LogP contribution is 1.97. The van der Waals surface area contributed by atoms with Crippen LogP contribution in [0.5, 0.6) is 0 Å². The van der Waals surface area contributed by atoms with E-state index in [-0.39, 0.29) is 12.5 Å². The molecular formula is C13H23N5O2. The van der Waals surface area contributed by atoms with Crippen LogP contribution >= 0.6 is 0 Å². The van der Waals surface area contributed by atoms with E-state index < -0.39 is 0 Å². The minimum absolute atomic E-state index is 0.0929. The van der Waals surface area contributed by atoms with Crippen molar-refractivity contribution in [3.05, 3.63) is 24.0 Å². The number of guanidine groups is 1. The van der Waals surface area contributed by atoms with Crippen molar-refractivity contribution in [1.29, 1.82) is 0 Å². The van der Waals surface area contributed by atoms with Gasteiger partial charge in [0.05, 0.1) is 13.2 Å². The van der Waals surface area contributed by atoms with E-state index in [0.29, 0.717) is 25.7 Å². The topological polar surface area (TPSA) is 79.7 Å². The SMILES string of the molecule is CN=C(NCC(=O)NCCOC)NCc1ccn(C)c1. The van der Waals surface area contributed by atoms with Gasteiger partial charge in [-0.05, 0) is 11.6 Å².